The maximum absolute atomic E-state index is 12.7. The first-order valence-electron chi connectivity index (χ1n) is 11.6. The average Bonchev–Trinajstić information content (AvgIpc) is 3.36. The number of fused-ring (bicyclic) bond motifs is 3. The lowest BCUT2D eigenvalue weighted by molar-refractivity contribution is -0.132. The molecule has 2 aromatic carbocycles. The van der Waals surface area contributed by atoms with Crippen LogP contribution in [0.15, 0.2) is 65.1 Å². The van der Waals surface area contributed by atoms with Gasteiger partial charge in [-0.2, -0.15) is 0 Å². The third-order valence-electron chi connectivity index (χ3n) is 6.73. The number of aromatic carboxylic acids is 1. The molecule has 2 atom stereocenters. The molecule has 2 aliphatic carbocycles. The molecule has 0 spiro atoms. The van der Waals surface area contributed by atoms with Crippen molar-refractivity contribution < 1.29 is 28.6 Å². The first-order chi connectivity index (χ1) is 16.9. The standard InChI is InChI=1S/C27H26N2O6/c1-29(14-17-10-11-24(35-17)26(31)32)25(30)22-12-16(22)13-28-27(33)34-15-23-20-8-4-2-6-18(20)19-7-3-5-9-21(19)23/h2-11,16,22-23H,12-15H2,1H3,(H,28,33)(H,31,32)/t16-,22-/m0/s1. The Bertz CT molecular complexity index is 1240. The third-order valence-corrected chi connectivity index (χ3v) is 6.73. The summed E-state index contributed by atoms with van der Waals surface area (Å²) >= 11 is 0. The topological polar surface area (TPSA) is 109 Å². The molecular formula is C27H26N2O6. The Hall–Kier alpha value is -4.07. The van der Waals surface area contributed by atoms with E-state index in [4.69, 9.17) is 14.3 Å². The number of hydrogen-bond acceptors (Lipinski definition) is 5. The summed E-state index contributed by atoms with van der Waals surface area (Å²) in [6.45, 7) is 0.803. The van der Waals surface area contributed by atoms with Gasteiger partial charge in [-0.25, -0.2) is 9.59 Å². The van der Waals surface area contributed by atoms with Crippen molar-refractivity contribution in [3.8, 4) is 11.1 Å². The van der Waals surface area contributed by atoms with Crippen molar-refractivity contribution in [3.05, 3.63) is 83.3 Å². The van der Waals surface area contributed by atoms with E-state index in [0.717, 1.165) is 11.1 Å². The lowest BCUT2D eigenvalue weighted by Crippen LogP contribution is -2.31. The maximum Gasteiger partial charge on any atom is 0.407 e. The number of rotatable bonds is 8. The van der Waals surface area contributed by atoms with Crippen LogP contribution in [-0.4, -0.2) is 48.2 Å². The number of furan rings is 1. The molecule has 0 aliphatic heterocycles. The van der Waals surface area contributed by atoms with Gasteiger partial charge >= 0.3 is 12.1 Å². The number of amides is 2. The molecule has 1 aromatic heterocycles. The van der Waals surface area contributed by atoms with Crippen LogP contribution in [0, 0.1) is 11.8 Å². The second kappa shape index (κ2) is 9.29. The molecule has 2 amide bonds. The van der Waals surface area contributed by atoms with Crippen LogP contribution in [0.25, 0.3) is 11.1 Å². The van der Waals surface area contributed by atoms with Gasteiger partial charge in [0.15, 0.2) is 0 Å². The van der Waals surface area contributed by atoms with Crippen molar-refractivity contribution in [1.29, 1.82) is 0 Å². The second-order valence-corrected chi connectivity index (χ2v) is 9.07. The second-order valence-electron chi connectivity index (χ2n) is 9.07. The van der Waals surface area contributed by atoms with Gasteiger partial charge in [-0.05, 0) is 46.7 Å². The van der Waals surface area contributed by atoms with Crippen LogP contribution in [0.3, 0.4) is 0 Å². The highest BCUT2D eigenvalue weighted by atomic mass is 16.5. The Morgan fingerprint density at radius 1 is 1.03 bits per heavy atom. The quantitative estimate of drug-likeness (QED) is 0.509. The first kappa shape index (κ1) is 22.7. The van der Waals surface area contributed by atoms with E-state index in [1.165, 1.54) is 22.1 Å². The van der Waals surface area contributed by atoms with Crippen LogP contribution in [0.5, 0.6) is 0 Å². The van der Waals surface area contributed by atoms with E-state index in [2.05, 4.69) is 29.6 Å². The zero-order valence-corrected chi connectivity index (χ0v) is 19.3. The Labute approximate surface area is 202 Å². The fourth-order valence-electron chi connectivity index (χ4n) is 4.81. The van der Waals surface area contributed by atoms with Gasteiger partial charge in [0.05, 0.1) is 6.54 Å². The van der Waals surface area contributed by atoms with Crippen molar-refractivity contribution in [3.63, 3.8) is 0 Å². The minimum atomic E-state index is -1.15. The van der Waals surface area contributed by atoms with Crippen LogP contribution in [0.2, 0.25) is 0 Å². The van der Waals surface area contributed by atoms with E-state index in [1.807, 2.05) is 24.3 Å². The molecule has 0 saturated heterocycles. The highest BCUT2D eigenvalue weighted by Gasteiger charge is 2.44. The molecule has 0 bridgehead atoms. The molecule has 1 heterocycles. The Morgan fingerprint density at radius 3 is 2.31 bits per heavy atom. The molecule has 8 nitrogen and oxygen atoms in total. The van der Waals surface area contributed by atoms with Crippen molar-refractivity contribution in [2.45, 2.75) is 18.9 Å². The molecule has 1 saturated carbocycles. The van der Waals surface area contributed by atoms with E-state index < -0.39 is 12.1 Å². The molecule has 5 rings (SSSR count). The molecule has 2 N–H and O–H groups in total. The molecule has 0 unspecified atom stereocenters. The maximum atomic E-state index is 12.7. The number of benzene rings is 2. The van der Waals surface area contributed by atoms with E-state index in [9.17, 15) is 14.4 Å². The fraction of sp³-hybridized carbons (Fsp3) is 0.296. The SMILES string of the molecule is CN(Cc1ccc(C(=O)O)o1)C(=O)[C@H]1C[C@H]1CNC(=O)OCC1c2ccccc2-c2ccccc21. The number of nitrogens with zero attached hydrogens (tertiary/aromatic N) is 1. The monoisotopic (exact) mass is 474 g/mol. The molecule has 35 heavy (non-hydrogen) atoms. The van der Waals surface area contributed by atoms with E-state index in [0.29, 0.717) is 18.7 Å². The van der Waals surface area contributed by atoms with Gasteiger partial charge < -0.3 is 24.5 Å². The van der Waals surface area contributed by atoms with Crippen molar-refractivity contribution in [1.82, 2.24) is 10.2 Å². The molecular weight excluding hydrogens is 448 g/mol. The number of carboxylic acid groups (broad SMARTS) is 1. The molecule has 8 heteroatoms. The van der Waals surface area contributed by atoms with E-state index in [1.54, 1.807) is 13.1 Å². The lowest BCUT2D eigenvalue weighted by Gasteiger charge is -2.16. The highest BCUT2D eigenvalue weighted by molar-refractivity contribution is 5.84. The zero-order chi connectivity index (χ0) is 24.5. The summed E-state index contributed by atoms with van der Waals surface area (Å²) in [5.74, 6) is -1.08. The summed E-state index contributed by atoms with van der Waals surface area (Å²) in [5, 5.41) is 11.7. The van der Waals surface area contributed by atoms with Gasteiger partial charge in [-0.1, -0.05) is 48.5 Å². The summed E-state index contributed by atoms with van der Waals surface area (Å²) in [6, 6.07) is 19.3. The fourth-order valence-corrected chi connectivity index (χ4v) is 4.81. The predicted molar refractivity (Wildman–Crippen MR) is 127 cm³/mol. The first-order valence-corrected chi connectivity index (χ1v) is 11.6. The number of nitrogens with one attached hydrogen (secondary N) is 1. The Kier molecular flexibility index (Phi) is 6.03. The van der Waals surface area contributed by atoms with E-state index in [-0.39, 0.29) is 42.6 Å². The van der Waals surface area contributed by atoms with Crippen molar-refractivity contribution in [2.24, 2.45) is 11.8 Å². The Balaban J connectivity index is 1.09. The van der Waals surface area contributed by atoms with Crippen LogP contribution in [0.1, 0.15) is 39.8 Å². The smallest absolute Gasteiger partial charge is 0.407 e. The summed E-state index contributed by atoms with van der Waals surface area (Å²) in [5.41, 5.74) is 4.66. The van der Waals surface area contributed by atoms with Crippen LogP contribution in [-0.2, 0) is 16.1 Å². The lowest BCUT2D eigenvalue weighted by atomic mass is 9.98. The molecule has 3 aromatic rings. The van der Waals surface area contributed by atoms with Crippen LogP contribution < -0.4 is 5.32 Å². The molecule has 2 aliphatic rings. The number of ether oxygens (including phenoxy) is 1. The van der Waals surface area contributed by atoms with Gasteiger partial charge in [0.2, 0.25) is 11.7 Å². The number of hydrogen-bond donors (Lipinski definition) is 2. The average molecular weight is 475 g/mol. The minimum absolute atomic E-state index is 0.000273. The van der Waals surface area contributed by atoms with Gasteiger partial charge in [0.25, 0.3) is 0 Å². The third kappa shape index (κ3) is 4.64. The number of carbonyl (C=O) groups excluding carboxylic acids is 2. The van der Waals surface area contributed by atoms with Crippen LogP contribution in [0.4, 0.5) is 4.79 Å². The summed E-state index contributed by atoms with van der Waals surface area (Å²) < 4.78 is 10.8. The highest BCUT2D eigenvalue weighted by Crippen LogP contribution is 2.44. The van der Waals surface area contributed by atoms with Gasteiger partial charge in [0, 0.05) is 25.4 Å². The van der Waals surface area contributed by atoms with Crippen molar-refractivity contribution in [2.75, 3.05) is 20.2 Å². The number of carbonyl (C=O) groups is 3. The zero-order valence-electron chi connectivity index (χ0n) is 19.3. The van der Waals surface area contributed by atoms with Crippen molar-refractivity contribution >= 4 is 18.0 Å². The molecule has 180 valence electrons. The van der Waals surface area contributed by atoms with Crippen LogP contribution >= 0.6 is 0 Å². The van der Waals surface area contributed by atoms with E-state index >= 15 is 0 Å². The Morgan fingerprint density at radius 2 is 1.69 bits per heavy atom. The normalized spacial score (nSPS) is 17.9. The minimum Gasteiger partial charge on any atom is -0.475 e. The molecule has 1 fully saturated rings. The largest absolute Gasteiger partial charge is 0.475 e. The van der Waals surface area contributed by atoms with Gasteiger partial charge in [-0.15, -0.1) is 0 Å². The number of alkyl carbamates (subject to hydrolysis) is 1. The predicted octanol–water partition coefficient (Wildman–Crippen LogP) is 4.11. The molecule has 0 radical (unpaired) electrons. The summed E-state index contributed by atoms with van der Waals surface area (Å²) in [6.07, 6.45) is 0.195. The van der Waals surface area contributed by atoms with Gasteiger partial charge in [-0.3, -0.25) is 4.79 Å². The summed E-state index contributed by atoms with van der Waals surface area (Å²) in [4.78, 5) is 37.5. The van der Waals surface area contributed by atoms with Gasteiger partial charge in [0.1, 0.15) is 12.4 Å². The number of carboxylic acids is 1. The summed E-state index contributed by atoms with van der Waals surface area (Å²) in [7, 11) is 1.65.